The van der Waals surface area contributed by atoms with Gasteiger partial charge in [-0.1, -0.05) is 13.8 Å². The number of nitrogens with one attached hydrogen (secondary N) is 1. The minimum absolute atomic E-state index is 0.252. The summed E-state index contributed by atoms with van der Waals surface area (Å²) in [6.07, 6.45) is 2.17. The number of aromatic nitrogens is 3. The summed E-state index contributed by atoms with van der Waals surface area (Å²) in [5.74, 6) is 1.19. The van der Waals surface area contributed by atoms with Gasteiger partial charge in [-0.15, -0.1) is 0 Å². The molecule has 0 aliphatic carbocycles. The Kier molecular flexibility index (Phi) is 6.10. The Balaban J connectivity index is 2.21. The minimum atomic E-state index is 0.252. The van der Waals surface area contributed by atoms with E-state index in [0.29, 0.717) is 12.5 Å². The van der Waals surface area contributed by atoms with Gasteiger partial charge in [-0.2, -0.15) is 0 Å². The van der Waals surface area contributed by atoms with Crippen molar-refractivity contribution in [1.82, 2.24) is 14.5 Å². The van der Waals surface area contributed by atoms with E-state index in [1.165, 1.54) is 0 Å². The summed E-state index contributed by atoms with van der Waals surface area (Å²) >= 11 is 3.70. The number of hydrogen-bond acceptors (Lipinski definition) is 4. The zero-order valence-electron chi connectivity index (χ0n) is 17.7. The van der Waals surface area contributed by atoms with E-state index in [4.69, 9.17) is 14.7 Å². The van der Waals surface area contributed by atoms with Crippen molar-refractivity contribution in [3.05, 3.63) is 39.6 Å². The van der Waals surface area contributed by atoms with Crippen LogP contribution in [0.1, 0.15) is 49.6 Å². The van der Waals surface area contributed by atoms with E-state index < -0.39 is 0 Å². The lowest BCUT2D eigenvalue weighted by molar-refractivity contribution is 0.164. The topological polar surface area (TPSA) is 52.0 Å². The first-order chi connectivity index (χ1) is 13.3. The molecule has 0 aliphatic heterocycles. The van der Waals surface area contributed by atoms with Gasteiger partial charge in [-0.3, -0.25) is 0 Å². The molecule has 0 unspecified atom stereocenters. The zero-order chi connectivity index (χ0) is 20.6. The summed E-state index contributed by atoms with van der Waals surface area (Å²) in [7, 11) is 3.65. The maximum absolute atomic E-state index is 5.35. The third-order valence-electron chi connectivity index (χ3n) is 5.10. The summed E-state index contributed by atoms with van der Waals surface area (Å²) in [5, 5.41) is 3.25. The third-order valence-corrected chi connectivity index (χ3v) is 5.74. The largest absolute Gasteiger partial charge is 0.383 e. The van der Waals surface area contributed by atoms with E-state index in [2.05, 4.69) is 78.8 Å². The second-order valence-corrected chi connectivity index (χ2v) is 8.56. The fourth-order valence-electron chi connectivity index (χ4n) is 3.66. The molecule has 0 fully saturated rings. The van der Waals surface area contributed by atoms with Gasteiger partial charge in [0.25, 0.3) is 0 Å². The maximum Gasteiger partial charge on any atom is 0.135 e. The number of hydrogen-bond donors (Lipinski definition) is 1. The predicted octanol–water partition coefficient (Wildman–Crippen LogP) is 5.85. The normalized spacial score (nSPS) is 12.8. The molecule has 0 bridgehead atoms. The van der Waals surface area contributed by atoms with E-state index >= 15 is 0 Å². The number of pyridine rings is 2. The van der Waals surface area contributed by atoms with Crippen LogP contribution in [-0.4, -0.2) is 35.3 Å². The molecule has 3 aromatic rings. The van der Waals surface area contributed by atoms with E-state index in [1.54, 1.807) is 7.11 Å². The van der Waals surface area contributed by atoms with Crippen LogP contribution in [0.4, 0.5) is 5.82 Å². The molecule has 0 aliphatic rings. The van der Waals surface area contributed by atoms with Gasteiger partial charge >= 0.3 is 0 Å². The van der Waals surface area contributed by atoms with E-state index in [9.17, 15) is 0 Å². The quantitative estimate of drug-likeness (QED) is 0.517. The van der Waals surface area contributed by atoms with Gasteiger partial charge in [-0.25, -0.2) is 9.97 Å². The van der Waals surface area contributed by atoms with Crippen LogP contribution in [0.3, 0.4) is 0 Å². The van der Waals surface area contributed by atoms with E-state index in [1.807, 2.05) is 7.05 Å². The minimum Gasteiger partial charge on any atom is -0.383 e. The molecule has 0 amide bonds. The fourth-order valence-corrected chi connectivity index (χ4v) is 4.44. The number of anilines is 1. The predicted molar refractivity (Wildman–Crippen MR) is 120 cm³/mol. The zero-order valence-corrected chi connectivity index (χ0v) is 19.3. The summed E-state index contributed by atoms with van der Waals surface area (Å²) in [6, 6.07) is 4.61. The van der Waals surface area contributed by atoms with Crippen molar-refractivity contribution in [2.45, 2.75) is 46.6 Å². The lowest BCUT2D eigenvalue weighted by Crippen LogP contribution is -2.10. The number of nitrogens with zero attached hydrogens (tertiary/aromatic N) is 3. The van der Waals surface area contributed by atoms with Crippen LogP contribution >= 0.6 is 15.9 Å². The summed E-state index contributed by atoms with van der Waals surface area (Å²) in [6.45, 7) is 11.3. The van der Waals surface area contributed by atoms with Crippen molar-refractivity contribution < 1.29 is 4.74 Å². The lowest BCUT2D eigenvalue weighted by Gasteiger charge is -2.17. The molecule has 6 heteroatoms. The van der Waals surface area contributed by atoms with Crippen molar-refractivity contribution in [2.75, 3.05) is 26.1 Å². The maximum atomic E-state index is 5.35. The smallest absolute Gasteiger partial charge is 0.135 e. The highest BCUT2D eigenvalue weighted by Crippen LogP contribution is 2.36. The Labute approximate surface area is 175 Å². The second kappa shape index (κ2) is 8.21. The number of ether oxygens (including phenoxy) is 1. The van der Waals surface area contributed by atoms with Crippen LogP contribution in [0, 0.1) is 13.8 Å². The monoisotopic (exact) mass is 444 g/mol. The molecular weight excluding hydrogens is 416 g/mol. The highest BCUT2D eigenvalue weighted by molar-refractivity contribution is 9.10. The molecule has 0 saturated heterocycles. The van der Waals surface area contributed by atoms with Crippen LogP contribution in [-0.2, 0) is 4.74 Å². The van der Waals surface area contributed by atoms with Crippen molar-refractivity contribution in [2.24, 2.45) is 0 Å². The number of aryl methyl sites for hydroxylation is 2. The van der Waals surface area contributed by atoms with Crippen LogP contribution in [0.25, 0.3) is 22.3 Å². The average molecular weight is 445 g/mol. The van der Waals surface area contributed by atoms with Gasteiger partial charge < -0.3 is 14.6 Å². The van der Waals surface area contributed by atoms with Crippen LogP contribution in [0.15, 0.2) is 22.8 Å². The van der Waals surface area contributed by atoms with Crippen LogP contribution in [0.5, 0.6) is 0 Å². The molecule has 150 valence electrons. The first kappa shape index (κ1) is 20.8. The second-order valence-electron chi connectivity index (χ2n) is 7.70. The van der Waals surface area contributed by atoms with Crippen LogP contribution in [0.2, 0.25) is 0 Å². The first-order valence-corrected chi connectivity index (χ1v) is 10.4. The molecule has 3 rings (SSSR count). The molecule has 0 spiro atoms. The highest BCUT2D eigenvalue weighted by atomic mass is 79.9. The Bertz CT molecular complexity index is 1010. The average Bonchev–Trinajstić information content (AvgIpc) is 2.96. The van der Waals surface area contributed by atoms with E-state index in [0.717, 1.165) is 49.4 Å². The van der Waals surface area contributed by atoms with Gasteiger partial charge in [0, 0.05) is 30.4 Å². The summed E-state index contributed by atoms with van der Waals surface area (Å²) < 4.78 is 8.62. The first-order valence-electron chi connectivity index (χ1n) is 9.64. The Morgan fingerprint density at radius 1 is 1.14 bits per heavy atom. The molecule has 3 heterocycles. The molecule has 0 aromatic carbocycles. The molecule has 3 aromatic heterocycles. The summed E-state index contributed by atoms with van der Waals surface area (Å²) in [4.78, 5) is 9.92. The van der Waals surface area contributed by atoms with Gasteiger partial charge in [0.15, 0.2) is 0 Å². The van der Waals surface area contributed by atoms with Gasteiger partial charge in [0.2, 0.25) is 0 Å². The van der Waals surface area contributed by atoms with Crippen molar-refractivity contribution in [3.8, 4) is 11.3 Å². The third kappa shape index (κ3) is 3.67. The van der Waals surface area contributed by atoms with Crippen molar-refractivity contribution in [3.63, 3.8) is 0 Å². The number of methoxy groups -OCH3 is 1. The standard InChI is InChI=1S/C22H29BrN4O/c1-12(2)19-17(23)9-16(22(24-6)26-19)20-13(3)8-18-21(25-20)14(4)10-27(18)15(5)11-28-7/h8-10,12,15H,11H2,1-7H3,(H,24,26)/t15-/m0/s1. The van der Waals surface area contributed by atoms with Crippen molar-refractivity contribution in [1.29, 1.82) is 0 Å². The molecule has 0 saturated carbocycles. The number of halogens is 1. The Morgan fingerprint density at radius 3 is 2.46 bits per heavy atom. The Morgan fingerprint density at radius 2 is 1.86 bits per heavy atom. The van der Waals surface area contributed by atoms with Gasteiger partial charge in [0.05, 0.1) is 35.1 Å². The Hall–Kier alpha value is -1.92. The number of rotatable bonds is 6. The fraction of sp³-hybridized carbons (Fsp3) is 0.455. The van der Waals surface area contributed by atoms with E-state index in [-0.39, 0.29) is 6.04 Å². The van der Waals surface area contributed by atoms with Gasteiger partial charge in [-0.05, 0) is 65.9 Å². The molecule has 1 N–H and O–H groups in total. The lowest BCUT2D eigenvalue weighted by atomic mass is 10.0. The summed E-state index contributed by atoms with van der Waals surface area (Å²) in [5.41, 5.74) is 7.46. The van der Waals surface area contributed by atoms with Crippen molar-refractivity contribution >= 4 is 32.8 Å². The molecular formula is C22H29BrN4O. The highest BCUT2D eigenvalue weighted by Gasteiger charge is 2.19. The SMILES string of the molecule is CNc1nc(C(C)C)c(Br)cc1-c1nc2c(C)cn([C@@H](C)COC)c2cc1C. The molecule has 0 radical (unpaired) electrons. The molecule has 1 atom stereocenters. The van der Waals surface area contributed by atoms with Crippen LogP contribution < -0.4 is 5.32 Å². The molecule has 5 nitrogen and oxygen atoms in total. The number of fused-ring (bicyclic) bond motifs is 1. The van der Waals surface area contributed by atoms with Gasteiger partial charge in [0.1, 0.15) is 5.82 Å². The molecule has 28 heavy (non-hydrogen) atoms.